The van der Waals surface area contributed by atoms with Gasteiger partial charge in [0.25, 0.3) is 0 Å². The summed E-state index contributed by atoms with van der Waals surface area (Å²) in [6, 6.07) is 49.3. The molecular weight excluding hydrogens is 557 g/mol. The molecule has 0 aliphatic rings. The molecule has 0 atom stereocenters. The smallest absolute Gasteiger partial charge is 0.180 e. The molecule has 3 nitrogen and oxygen atoms in total. The molecule has 206 valence electrons. The topological polar surface area (TPSA) is 38.9 Å². The summed E-state index contributed by atoms with van der Waals surface area (Å²) in [7, 11) is 0. The number of hydrogen-bond donors (Lipinski definition) is 0. The van der Waals surface area contributed by atoms with E-state index in [1.807, 2.05) is 17.4 Å². The summed E-state index contributed by atoms with van der Waals surface area (Å²) in [5, 5.41) is 3.58. The second-order valence-electron chi connectivity index (χ2n) is 11.0. The maximum Gasteiger partial charge on any atom is 0.180 e. The summed E-state index contributed by atoms with van der Waals surface area (Å²) in [4.78, 5) is 9.38. The number of nitrogens with zero attached hydrogens (tertiary/aromatic N) is 2. The maximum atomic E-state index is 6.55. The van der Waals surface area contributed by atoms with E-state index in [0.717, 1.165) is 44.4 Å². The minimum atomic E-state index is 0.704. The lowest BCUT2D eigenvalue weighted by atomic mass is 9.98. The largest absolute Gasteiger partial charge is 0.452 e. The van der Waals surface area contributed by atoms with Crippen LogP contribution in [0.4, 0.5) is 0 Å². The molecule has 3 aromatic heterocycles. The van der Waals surface area contributed by atoms with E-state index >= 15 is 0 Å². The first kappa shape index (κ1) is 25.0. The highest BCUT2D eigenvalue weighted by Crippen LogP contribution is 2.41. The average Bonchev–Trinajstić information content (AvgIpc) is 3.67. The zero-order valence-electron chi connectivity index (χ0n) is 23.6. The van der Waals surface area contributed by atoms with Crippen molar-refractivity contribution in [3.63, 3.8) is 0 Å². The van der Waals surface area contributed by atoms with E-state index in [9.17, 15) is 0 Å². The summed E-state index contributed by atoms with van der Waals surface area (Å²) < 4.78 is 9.15. The predicted molar refractivity (Wildman–Crippen MR) is 184 cm³/mol. The number of furan rings is 1. The zero-order valence-corrected chi connectivity index (χ0v) is 24.4. The van der Waals surface area contributed by atoms with Gasteiger partial charge in [-0.05, 0) is 63.7 Å². The molecule has 0 saturated heterocycles. The van der Waals surface area contributed by atoms with Crippen molar-refractivity contribution in [2.45, 2.75) is 0 Å². The van der Waals surface area contributed by atoms with Gasteiger partial charge in [-0.2, -0.15) is 0 Å². The molecule has 9 aromatic rings. The molecule has 3 heterocycles. The Morgan fingerprint density at radius 2 is 1.16 bits per heavy atom. The highest BCUT2D eigenvalue weighted by molar-refractivity contribution is 7.26. The summed E-state index contributed by atoms with van der Waals surface area (Å²) >= 11 is 1.85. The van der Waals surface area contributed by atoms with Crippen LogP contribution in [0.3, 0.4) is 0 Å². The first-order valence-corrected chi connectivity index (χ1v) is 15.5. The molecule has 9 rings (SSSR count). The van der Waals surface area contributed by atoms with Crippen molar-refractivity contribution in [1.29, 1.82) is 0 Å². The van der Waals surface area contributed by atoms with Crippen molar-refractivity contribution in [3.05, 3.63) is 146 Å². The molecular formula is C40H24N2OS. The van der Waals surface area contributed by atoms with Crippen molar-refractivity contribution in [2.24, 2.45) is 0 Å². The van der Waals surface area contributed by atoms with Crippen molar-refractivity contribution in [1.82, 2.24) is 9.97 Å². The molecule has 0 amide bonds. The lowest BCUT2D eigenvalue weighted by Gasteiger charge is -2.07. The third kappa shape index (κ3) is 4.03. The Bertz CT molecular complexity index is 2510. The van der Waals surface area contributed by atoms with Crippen LogP contribution in [0.2, 0.25) is 0 Å². The normalized spacial score (nSPS) is 11.6. The van der Waals surface area contributed by atoms with Gasteiger partial charge in [-0.15, -0.1) is 11.3 Å². The van der Waals surface area contributed by atoms with Gasteiger partial charge in [-0.3, -0.25) is 0 Å². The average molecular weight is 581 g/mol. The van der Waals surface area contributed by atoms with Gasteiger partial charge in [0.15, 0.2) is 5.58 Å². The van der Waals surface area contributed by atoms with Gasteiger partial charge in [0.05, 0.1) is 0 Å². The van der Waals surface area contributed by atoms with E-state index in [0.29, 0.717) is 5.58 Å². The Morgan fingerprint density at radius 3 is 2.07 bits per heavy atom. The Kier molecular flexibility index (Phi) is 5.68. The predicted octanol–water partition coefficient (Wildman–Crippen LogP) is 11.4. The number of fused-ring (bicyclic) bond motifs is 6. The molecule has 0 radical (unpaired) electrons. The third-order valence-electron chi connectivity index (χ3n) is 8.41. The van der Waals surface area contributed by atoms with E-state index in [4.69, 9.17) is 9.40 Å². The van der Waals surface area contributed by atoms with Crippen LogP contribution >= 0.6 is 11.3 Å². The van der Waals surface area contributed by atoms with Crippen LogP contribution in [0, 0.1) is 0 Å². The Hall–Kier alpha value is -5.58. The van der Waals surface area contributed by atoms with Crippen LogP contribution in [0.15, 0.2) is 150 Å². The van der Waals surface area contributed by atoms with Gasteiger partial charge in [-0.1, -0.05) is 109 Å². The molecule has 0 unspecified atom stereocenters. The highest BCUT2D eigenvalue weighted by atomic mass is 32.1. The Labute approximate surface area is 257 Å². The molecule has 0 bridgehead atoms. The lowest BCUT2D eigenvalue weighted by Crippen LogP contribution is -1.88. The van der Waals surface area contributed by atoms with Crippen LogP contribution < -0.4 is 0 Å². The summed E-state index contributed by atoms with van der Waals surface area (Å²) in [5.74, 6) is 0. The van der Waals surface area contributed by atoms with Gasteiger partial charge in [0, 0.05) is 31.1 Å². The molecule has 0 spiro atoms. The molecule has 6 aromatic carbocycles. The molecule has 0 saturated carbocycles. The molecule has 4 heteroatoms. The summed E-state index contributed by atoms with van der Waals surface area (Å²) in [5.41, 5.74) is 11.1. The van der Waals surface area contributed by atoms with E-state index in [2.05, 4.69) is 138 Å². The van der Waals surface area contributed by atoms with Gasteiger partial charge in [0.1, 0.15) is 23.1 Å². The Balaban J connectivity index is 1.15. The van der Waals surface area contributed by atoms with Crippen LogP contribution in [-0.4, -0.2) is 9.97 Å². The van der Waals surface area contributed by atoms with Gasteiger partial charge in [0.2, 0.25) is 0 Å². The SMILES string of the molecule is c1ccc(-c2cccc(-c3ccc4c(c3)oc3c(-c5cccc(-c6cccc7c6sc6ccccc67)c5)ncnc34)c2)cc1. The monoisotopic (exact) mass is 580 g/mol. The minimum Gasteiger partial charge on any atom is -0.452 e. The Morgan fingerprint density at radius 1 is 0.477 bits per heavy atom. The number of thiophene rings is 1. The van der Waals surface area contributed by atoms with E-state index < -0.39 is 0 Å². The number of aromatic nitrogens is 2. The van der Waals surface area contributed by atoms with Gasteiger partial charge >= 0.3 is 0 Å². The first-order chi connectivity index (χ1) is 21.8. The first-order valence-electron chi connectivity index (χ1n) is 14.6. The quantitative estimate of drug-likeness (QED) is 0.208. The minimum absolute atomic E-state index is 0.704. The van der Waals surface area contributed by atoms with Crippen LogP contribution in [0.1, 0.15) is 0 Å². The molecule has 0 fully saturated rings. The van der Waals surface area contributed by atoms with Gasteiger partial charge < -0.3 is 4.42 Å². The van der Waals surface area contributed by atoms with Crippen molar-refractivity contribution in [3.8, 4) is 44.6 Å². The number of hydrogen-bond acceptors (Lipinski definition) is 4. The molecule has 44 heavy (non-hydrogen) atoms. The van der Waals surface area contributed by atoms with Crippen LogP contribution in [0.5, 0.6) is 0 Å². The molecule has 0 aliphatic heterocycles. The van der Waals surface area contributed by atoms with E-state index in [1.54, 1.807) is 6.33 Å². The summed E-state index contributed by atoms with van der Waals surface area (Å²) in [6.45, 7) is 0. The fourth-order valence-electron chi connectivity index (χ4n) is 6.28. The van der Waals surface area contributed by atoms with E-state index in [1.165, 1.54) is 36.9 Å². The van der Waals surface area contributed by atoms with Crippen molar-refractivity contribution < 1.29 is 4.42 Å². The fourth-order valence-corrected chi connectivity index (χ4v) is 7.52. The number of rotatable bonds is 4. The van der Waals surface area contributed by atoms with Crippen LogP contribution in [-0.2, 0) is 0 Å². The third-order valence-corrected chi connectivity index (χ3v) is 9.63. The second-order valence-corrected chi connectivity index (χ2v) is 12.1. The molecule has 0 N–H and O–H groups in total. The highest BCUT2D eigenvalue weighted by Gasteiger charge is 2.17. The maximum absolute atomic E-state index is 6.55. The standard InChI is InChI=1S/C40H24N2OS/c1-2-9-25(10-3-1)26-11-6-12-27(21-26)28-19-20-34-35(23-28)43-39-37(41-24-42-38(34)39)30-14-7-13-29(22-30)31-16-8-17-33-32-15-4-5-18-36(32)44-40(31)33/h1-24H. The van der Waals surface area contributed by atoms with E-state index in [-0.39, 0.29) is 0 Å². The van der Waals surface area contributed by atoms with Crippen molar-refractivity contribution in [2.75, 3.05) is 0 Å². The number of benzene rings is 6. The fraction of sp³-hybridized carbons (Fsp3) is 0. The zero-order chi connectivity index (χ0) is 29.0. The van der Waals surface area contributed by atoms with Gasteiger partial charge in [-0.25, -0.2) is 9.97 Å². The van der Waals surface area contributed by atoms with Crippen molar-refractivity contribution >= 4 is 53.6 Å². The van der Waals surface area contributed by atoms with Crippen LogP contribution in [0.25, 0.3) is 86.9 Å². The molecule has 0 aliphatic carbocycles. The lowest BCUT2D eigenvalue weighted by molar-refractivity contribution is 0.667. The second kappa shape index (κ2) is 10.0. The summed E-state index contributed by atoms with van der Waals surface area (Å²) in [6.07, 6.45) is 1.64.